The molecule has 0 spiro atoms. The largest absolute Gasteiger partial charge is 0.478 e. The highest BCUT2D eigenvalue weighted by atomic mass is 32.2. The minimum atomic E-state index is -3.56. The van der Waals surface area contributed by atoms with Gasteiger partial charge in [0.15, 0.2) is 9.84 Å². The van der Waals surface area contributed by atoms with E-state index in [2.05, 4.69) is 5.32 Å². The standard InChI is InChI=1S/C14H17NO5S/c1-14(2,21(3,19)20)13(18)15-11-6-4-5-10(9-11)7-8-12(16)17/h4-9H,1-3H3,(H,15,18)(H,16,17). The third-order valence-electron chi connectivity index (χ3n) is 3.04. The first-order chi connectivity index (χ1) is 9.54. The molecular weight excluding hydrogens is 294 g/mol. The molecule has 1 aromatic rings. The molecule has 0 unspecified atom stereocenters. The van der Waals surface area contributed by atoms with Crippen molar-refractivity contribution in [1.29, 1.82) is 0 Å². The van der Waals surface area contributed by atoms with Crippen LogP contribution in [0.2, 0.25) is 0 Å². The summed E-state index contributed by atoms with van der Waals surface area (Å²) >= 11 is 0. The highest BCUT2D eigenvalue weighted by Gasteiger charge is 2.38. The minimum Gasteiger partial charge on any atom is -0.478 e. The van der Waals surface area contributed by atoms with Gasteiger partial charge in [-0.05, 0) is 37.6 Å². The van der Waals surface area contributed by atoms with Gasteiger partial charge in [0.05, 0.1) is 0 Å². The number of benzene rings is 1. The molecule has 0 saturated heterocycles. The number of hydrogen-bond donors (Lipinski definition) is 2. The van der Waals surface area contributed by atoms with E-state index < -0.39 is 26.5 Å². The van der Waals surface area contributed by atoms with Gasteiger partial charge < -0.3 is 10.4 Å². The van der Waals surface area contributed by atoms with Gasteiger partial charge in [-0.15, -0.1) is 0 Å². The van der Waals surface area contributed by atoms with Crippen molar-refractivity contribution in [3.8, 4) is 0 Å². The summed E-state index contributed by atoms with van der Waals surface area (Å²) in [6, 6.07) is 6.44. The van der Waals surface area contributed by atoms with Crippen molar-refractivity contribution in [1.82, 2.24) is 0 Å². The van der Waals surface area contributed by atoms with Crippen molar-refractivity contribution in [3.63, 3.8) is 0 Å². The Bertz CT molecular complexity index is 689. The van der Waals surface area contributed by atoms with Gasteiger partial charge in [0.2, 0.25) is 5.91 Å². The quantitative estimate of drug-likeness (QED) is 0.803. The van der Waals surface area contributed by atoms with Crippen LogP contribution >= 0.6 is 0 Å². The predicted molar refractivity (Wildman–Crippen MR) is 80.7 cm³/mol. The van der Waals surface area contributed by atoms with Gasteiger partial charge >= 0.3 is 5.97 Å². The number of amides is 1. The fourth-order valence-corrected chi connectivity index (χ4v) is 1.73. The second-order valence-electron chi connectivity index (χ2n) is 5.03. The molecule has 0 aromatic heterocycles. The van der Waals surface area contributed by atoms with Crippen LogP contribution in [0, 0.1) is 0 Å². The fraction of sp³-hybridized carbons (Fsp3) is 0.286. The lowest BCUT2D eigenvalue weighted by Crippen LogP contribution is -2.43. The van der Waals surface area contributed by atoms with E-state index in [0.717, 1.165) is 12.3 Å². The molecular formula is C14H17NO5S. The molecule has 1 aromatic carbocycles. The molecule has 0 aliphatic rings. The summed E-state index contributed by atoms with van der Waals surface area (Å²) < 4.78 is 21.6. The Morgan fingerprint density at radius 3 is 2.43 bits per heavy atom. The first kappa shape index (κ1) is 16.9. The number of nitrogens with one attached hydrogen (secondary N) is 1. The molecule has 114 valence electrons. The van der Waals surface area contributed by atoms with Crippen LogP contribution in [0.1, 0.15) is 19.4 Å². The van der Waals surface area contributed by atoms with Crippen LogP contribution < -0.4 is 5.32 Å². The molecule has 2 N–H and O–H groups in total. The summed E-state index contributed by atoms with van der Waals surface area (Å²) in [6.45, 7) is 2.65. The zero-order chi connectivity index (χ0) is 16.3. The Morgan fingerprint density at radius 1 is 1.29 bits per heavy atom. The van der Waals surface area contributed by atoms with Crippen LogP contribution in [0.3, 0.4) is 0 Å². The summed E-state index contributed by atoms with van der Waals surface area (Å²) in [5.41, 5.74) is 0.969. The Morgan fingerprint density at radius 2 is 1.90 bits per heavy atom. The molecule has 0 saturated carbocycles. The van der Waals surface area contributed by atoms with E-state index >= 15 is 0 Å². The van der Waals surface area contributed by atoms with Gasteiger partial charge in [-0.25, -0.2) is 13.2 Å². The van der Waals surface area contributed by atoms with E-state index in [1.54, 1.807) is 24.3 Å². The molecule has 7 heteroatoms. The van der Waals surface area contributed by atoms with Gasteiger partial charge in [-0.2, -0.15) is 0 Å². The smallest absolute Gasteiger partial charge is 0.328 e. The first-order valence-electron chi connectivity index (χ1n) is 6.06. The average molecular weight is 311 g/mol. The van der Waals surface area contributed by atoms with E-state index in [1.165, 1.54) is 19.9 Å². The molecule has 6 nitrogen and oxygen atoms in total. The number of rotatable bonds is 5. The number of hydrogen-bond acceptors (Lipinski definition) is 4. The SMILES string of the molecule is CC(C)(C(=O)Nc1cccc(C=CC(=O)O)c1)S(C)(=O)=O. The number of carboxylic acid groups (broad SMARTS) is 1. The molecule has 0 radical (unpaired) electrons. The third kappa shape index (κ3) is 4.42. The Labute approximate surface area is 123 Å². The molecule has 21 heavy (non-hydrogen) atoms. The van der Waals surface area contributed by atoms with Gasteiger partial charge in [0.1, 0.15) is 4.75 Å². The van der Waals surface area contributed by atoms with Crippen molar-refractivity contribution in [3.05, 3.63) is 35.9 Å². The normalized spacial score (nSPS) is 12.3. The summed E-state index contributed by atoms with van der Waals surface area (Å²) in [5.74, 6) is -1.73. The van der Waals surface area contributed by atoms with E-state index in [1.807, 2.05) is 0 Å². The van der Waals surface area contributed by atoms with Crippen LogP contribution in [0.5, 0.6) is 0 Å². The van der Waals surface area contributed by atoms with Gasteiger partial charge in [-0.1, -0.05) is 12.1 Å². The Hall–Kier alpha value is -2.15. The van der Waals surface area contributed by atoms with E-state index in [-0.39, 0.29) is 0 Å². The van der Waals surface area contributed by atoms with Gasteiger partial charge in [-0.3, -0.25) is 4.79 Å². The van der Waals surface area contributed by atoms with Crippen LogP contribution in [0.4, 0.5) is 5.69 Å². The third-order valence-corrected chi connectivity index (χ3v) is 5.08. The second-order valence-corrected chi connectivity index (χ2v) is 7.60. The van der Waals surface area contributed by atoms with E-state index in [4.69, 9.17) is 5.11 Å². The number of aliphatic carboxylic acids is 1. The summed E-state index contributed by atoms with van der Waals surface area (Å²) in [4.78, 5) is 22.5. The monoisotopic (exact) mass is 311 g/mol. The Balaban J connectivity index is 2.97. The highest BCUT2D eigenvalue weighted by Crippen LogP contribution is 2.19. The van der Waals surface area contributed by atoms with Crippen LogP contribution in [-0.2, 0) is 19.4 Å². The lowest BCUT2D eigenvalue weighted by Gasteiger charge is -2.21. The maximum Gasteiger partial charge on any atom is 0.328 e. The first-order valence-corrected chi connectivity index (χ1v) is 7.95. The molecule has 0 fully saturated rings. The molecule has 1 rings (SSSR count). The highest BCUT2D eigenvalue weighted by molar-refractivity contribution is 7.92. The maximum absolute atomic E-state index is 12.1. The molecule has 0 aliphatic carbocycles. The van der Waals surface area contributed by atoms with Crippen LogP contribution in [0.25, 0.3) is 6.08 Å². The molecule has 1 amide bonds. The van der Waals surface area contributed by atoms with Crippen molar-refractivity contribution in [2.45, 2.75) is 18.6 Å². The minimum absolute atomic E-state index is 0.393. The predicted octanol–water partition coefficient (Wildman–Crippen LogP) is 1.55. The van der Waals surface area contributed by atoms with Crippen LogP contribution in [0.15, 0.2) is 30.3 Å². The molecule has 0 atom stereocenters. The van der Waals surface area contributed by atoms with Crippen LogP contribution in [-0.4, -0.2) is 36.4 Å². The number of carbonyl (C=O) groups excluding carboxylic acids is 1. The second kappa shape index (κ2) is 6.09. The molecule has 0 heterocycles. The van der Waals surface area contributed by atoms with Gasteiger partial charge in [0.25, 0.3) is 0 Å². The molecule has 0 bridgehead atoms. The molecule has 0 aliphatic heterocycles. The lowest BCUT2D eigenvalue weighted by atomic mass is 10.1. The Kier molecular flexibility index (Phi) is 4.90. The van der Waals surface area contributed by atoms with E-state index in [9.17, 15) is 18.0 Å². The van der Waals surface area contributed by atoms with Crippen molar-refractivity contribution in [2.75, 3.05) is 11.6 Å². The summed E-state index contributed by atoms with van der Waals surface area (Å²) in [7, 11) is -3.56. The van der Waals surface area contributed by atoms with Crippen molar-refractivity contribution >= 4 is 33.5 Å². The number of carbonyl (C=O) groups is 2. The number of carboxylic acids is 1. The summed E-state index contributed by atoms with van der Waals surface area (Å²) in [6.07, 6.45) is 3.35. The van der Waals surface area contributed by atoms with E-state index in [0.29, 0.717) is 11.3 Å². The van der Waals surface area contributed by atoms with Crippen molar-refractivity contribution < 1.29 is 23.1 Å². The fourth-order valence-electron chi connectivity index (χ4n) is 1.34. The summed E-state index contributed by atoms with van der Waals surface area (Å²) in [5, 5.41) is 11.1. The van der Waals surface area contributed by atoms with Crippen molar-refractivity contribution in [2.24, 2.45) is 0 Å². The maximum atomic E-state index is 12.1. The zero-order valence-electron chi connectivity index (χ0n) is 12.0. The zero-order valence-corrected chi connectivity index (χ0v) is 12.8. The number of sulfone groups is 1. The topological polar surface area (TPSA) is 101 Å². The van der Waals surface area contributed by atoms with Gasteiger partial charge in [0, 0.05) is 18.0 Å². The average Bonchev–Trinajstić information content (AvgIpc) is 2.35. The number of anilines is 1. The lowest BCUT2D eigenvalue weighted by molar-refractivity contribution is -0.131.